The number of benzene rings is 1. The summed E-state index contributed by atoms with van der Waals surface area (Å²) in [5.74, 6) is 1.45. The van der Waals surface area contributed by atoms with Crippen LogP contribution in [0.1, 0.15) is 36.0 Å². The number of fused-ring (bicyclic) bond motifs is 3. The van der Waals surface area contributed by atoms with Gasteiger partial charge in [-0.25, -0.2) is 0 Å². The molecule has 4 heteroatoms. The molecule has 0 radical (unpaired) electrons. The first-order chi connectivity index (χ1) is 11.3. The van der Waals surface area contributed by atoms with E-state index in [1.165, 1.54) is 25.7 Å². The molecule has 3 aliphatic carbocycles. The van der Waals surface area contributed by atoms with E-state index >= 15 is 0 Å². The Morgan fingerprint density at radius 3 is 2.83 bits per heavy atom. The van der Waals surface area contributed by atoms with Gasteiger partial charge < -0.3 is 10.6 Å². The van der Waals surface area contributed by atoms with Crippen LogP contribution in [0.5, 0.6) is 0 Å². The second kappa shape index (κ2) is 4.78. The minimum absolute atomic E-state index is 0.0568. The van der Waals surface area contributed by atoms with Crippen molar-refractivity contribution in [1.82, 2.24) is 15.6 Å². The summed E-state index contributed by atoms with van der Waals surface area (Å²) in [6.45, 7) is 1.07. The monoisotopic (exact) mass is 307 g/mol. The van der Waals surface area contributed by atoms with Crippen LogP contribution >= 0.6 is 0 Å². The molecule has 2 aromatic rings. The summed E-state index contributed by atoms with van der Waals surface area (Å²) < 4.78 is 0. The summed E-state index contributed by atoms with van der Waals surface area (Å²) in [6.07, 6.45) is 6.96. The maximum absolute atomic E-state index is 12.8. The van der Waals surface area contributed by atoms with Crippen molar-refractivity contribution in [2.24, 2.45) is 11.8 Å². The molecule has 4 nitrogen and oxygen atoms in total. The standard InChI is InChI=1S/C19H21N3O/c23-18(14-5-8-16-13(10-14)2-1-9-20-16)22-17-12-3-6-15(7-4-12)19(17)11-21-19/h1-2,5,8-10,12,15,17,21H,3-4,6-7,11H2,(H,22,23)/t12?,15?,17?,19-/m0/s1. The maximum Gasteiger partial charge on any atom is 0.251 e. The van der Waals surface area contributed by atoms with Gasteiger partial charge in [0.05, 0.1) is 17.1 Å². The predicted octanol–water partition coefficient (Wildman–Crippen LogP) is 2.50. The van der Waals surface area contributed by atoms with Gasteiger partial charge in [-0.15, -0.1) is 0 Å². The van der Waals surface area contributed by atoms with Crippen molar-refractivity contribution in [3.8, 4) is 0 Å². The van der Waals surface area contributed by atoms with Crippen molar-refractivity contribution in [2.75, 3.05) is 6.54 Å². The molecule has 3 saturated carbocycles. The van der Waals surface area contributed by atoms with Gasteiger partial charge in [0.15, 0.2) is 0 Å². The lowest BCUT2D eigenvalue weighted by Crippen LogP contribution is -2.60. The SMILES string of the molecule is O=C(NC1C2CCC(CC2)[C@@]12CN2)c1ccc2ncccc2c1. The highest BCUT2D eigenvalue weighted by atomic mass is 16.1. The first-order valence-electron chi connectivity index (χ1n) is 8.67. The predicted molar refractivity (Wildman–Crippen MR) is 89.2 cm³/mol. The summed E-state index contributed by atoms with van der Waals surface area (Å²) in [5.41, 5.74) is 1.87. The van der Waals surface area contributed by atoms with Crippen molar-refractivity contribution in [3.63, 3.8) is 0 Å². The quantitative estimate of drug-likeness (QED) is 0.838. The van der Waals surface area contributed by atoms with Crippen LogP contribution in [0.2, 0.25) is 0 Å². The molecule has 1 aliphatic heterocycles. The van der Waals surface area contributed by atoms with Crippen molar-refractivity contribution in [3.05, 3.63) is 42.1 Å². The number of pyridine rings is 1. The fourth-order valence-electron chi connectivity index (χ4n) is 4.94. The van der Waals surface area contributed by atoms with Gasteiger partial charge in [0.25, 0.3) is 5.91 Å². The number of carbonyl (C=O) groups excluding carboxylic acids is 1. The lowest BCUT2D eigenvalue weighted by Gasteiger charge is -2.48. The molecule has 2 N–H and O–H groups in total. The third kappa shape index (κ3) is 2.01. The van der Waals surface area contributed by atoms with E-state index in [1.54, 1.807) is 6.20 Å². The smallest absolute Gasteiger partial charge is 0.251 e. The van der Waals surface area contributed by atoms with Crippen LogP contribution < -0.4 is 10.6 Å². The summed E-state index contributed by atoms with van der Waals surface area (Å²) in [6, 6.07) is 9.98. The van der Waals surface area contributed by atoms with Crippen LogP contribution in [0.3, 0.4) is 0 Å². The first-order valence-corrected chi connectivity index (χ1v) is 8.67. The van der Waals surface area contributed by atoms with Gasteiger partial charge in [0.2, 0.25) is 0 Å². The third-order valence-electron chi connectivity index (χ3n) is 6.26. The summed E-state index contributed by atoms with van der Waals surface area (Å²) >= 11 is 0. The minimum Gasteiger partial charge on any atom is -0.347 e. The lowest BCUT2D eigenvalue weighted by molar-refractivity contribution is 0.0634. The van der Waals surface area contributed by atoms with Crippen molar-refractivity contribution >= 4 is 16.8 Å². The van der Waals surface area contributed by atoms with Crippen molar-refractivity contribution in [1.29, 1.82) is 0 Å². The van der Waals surface area contributed by atoms with Gasteiger partial charge in [-0.05, 0) is 61.8 Å². The molecule has 2 atom stereocenters. The number of amides is 1. The van der Waals surface area contributed by atoms with Crippen LogP contribution in [0, 0.1) is 11.8 Å². The molecule has 1 aromatic heterocycles. The average Bonchev–Trinajstić information content (AvgIpc) is 3.39. The molecule has 2 bridgehead atoms. The van der Waals surface area contributed by atoms with E-state index in [4.69, 9.17) is 0 Å². The Kier molecular flexibility index (Phi) is 2.80. The van der Waals surface area contributed by atoms with Crippen LogP contribution in [-0.4, -0.2) is 29.0 Å². The highest BCUT2D eigenvalue weighted by molar-refractivity contribution is 5.98. The van der Waals surface area contributed by atoms with Gasteiger partial charge in [-0.1, -0.05) is 6.07 Å². The van der Waals surface area contributed by atoms with Crippen LogP contribution in [0.25, 0.3) is 10.9 Å². The second-order valence-electron chi connectivity index (χ2n) is 7.37. The maximum atomic E-state index is 12.8. The van der Waals surface area contributed by atoms with Crippen LogP contribution in [0.15, 0.2) is 36.5 Å². The number of aromatic nitrogens is 1. The summed E-state index contributed by atoms with van der Waals surface area (Å²) in [4.78, 5) is 17.1. The number of hydrogen-bond acceptors (Lipinski definition) is 3. The fourth-order valence-corrected chi connectivity index (χ4v) is 4.94. The number of rotatable bonds is 2. The molecule has 1 amide bonds. The largest absolute Gasteiger partial charge is 0.347 e. The molecule has 2 heterocycles. The zero-order valence-electron chi connectivity index (χ0n) is 13.1. The Morgan fingerprint density at radius 1 is 1.22 bits per heavy atom. The Labute approximate surface area is 135 Å². The molecule has 1 aromatic carbocycles. The molecule has 1 saturated heterocycles. The molecule has 1 spiro atoms. The molecule has 118 valence electrons. The Bertz CT molecular complexity index is 775. The van der Waals surface area contributed by atoms with E-state index in [1.807, 2.05) is 30.3 Å². The molecule has 4 fully saturated rings. The van der Waals surface area contributed by atoms with Crippen LogP contribution in [0.4, 0.5) is 0 Å². The van der Waals surface area contributed by atoms with Gasteiger partial charge in [-0.3, -0.25) is 9.78 Å². The van der Waals surface area contributed by atoms with Gasteiger partial charge in [0.1, 0.15) is 0 Å². The average molecular weight is 307 g/mol. The second-order valence-corrected chi connectivity index (χ2v) is 7.37. The highest BCUT2D eigenvalue weighted by Gasteiger charge is 2.61. The summed E-state index contributed by atoms with van der Waals surface area (Å²) in [7, 11) is 0. The summed E-state index contributed by atoms with van der Waals surface area (Å²) in [5, 5.41) is 7.97. The highest BCUT2D eigenvalue weighted by Crippen LogP contribution is 2.51. The molecule has 4 aliphatic rings. The zero-order chi connectivity index (χ0) is 15.4. The third-order valence-corrected chi connectivity index (χ3v) is 6.26. The van der Waals surface area contributed by atoms with E-state index in [0.29, 0.717) is 12.0 Å². The first kappa shape index (κ1) is 13.5. The Hall–Kier alpha value is -1.94. The molecule has 6 rings (SSSR count). The topological polar surface area (TPSA) is 63.9 Å². The Morgan fingerprint density at radius 2 is 2.04 bits per heavy atom. The van der Waals surface area contributed by atoms with E-state index < -0.39 is 0 Å². The molecular weight excluding hydrogens is 286 g/mol. The number of nitrogens with zero attached hydrogens (tertiary/aromatic N) is 1. The van der Waals surface area contributed by atoms with Gasteiger partial charge >= 0.3 is 0 Å². The van der Waals surface area contributed by atoms with E-state index in [-0.39, 0.29) is 11.4 Å². The zero-order valence-corrected chi connectivity index (χ0v) is 13.1. The van der Waals surface area contributed by atoms with E-state index in [0.717, 1.165) is 28.9 Å². The van der Waals surface area contributed by atoms with E-state index in [2.05, 4.69) is 15.6 Å². The van der Waals surface area contributed by atoms with E-state index in [9.17, 15) is 4.79 Å². The number of carbonyl (C=O) groups is 1. The van der Waals surface area contributed by atoms with Crippen molar-refractivity contribution < 1.29 is 4.79 Å². The van der Waals surface area contributed by atoms with Crippen molar-refractivity contribution in [2.45, 2.75) is 37.3 Å². The lowest BCUT2D eigenvalue weighted by atomic mass is 9.61. The molecular formula is C19H21N3O. The van der Waals surface area contributed by atoms with Crippen LogP contribution in [-0.2, 0) is 0 Å². The van der Waals surface area contributed by atoms with Gasteiger partial charge in [0, 0.05) is 23.7 Å². The van der Waals surface area contributed by atoms with Gasteiger partial charge in [-0.2, -0.15) is 0 Å². The normalized spacial score (nSPS) is 34.7. The fraction of sp³-hybridized carbons (Fsp3) is 0.474. The molecule has 23 heavy (non-hydrogen) atoms. The Balaban J connectivity index is 1.42. The molecule has 1 unspecified atom stereocenters. The number of hydrogen-bond donors (Lipinski definition) is 2. The minimum atomic E-state index is 0.0568. The number of nitrogens with one attached hydrogen (secondary N) is 2.